The normalized spacial score (nSPS) is 28.9. The monoisotopic (exact) mass is 743 g/mol. The number of anilines is 1. The highest BCUT2D eigenvalue weighted by Gasteiger charge is 2.42. The van der Waals surface area contributed by atoms with Crippen LogP contribution in [0.25, 0.3) is 0 Å². The van der Waals surface area contributed by atoms with E-state index in [1.807, 2.05) is 32.3 Å². The largest absolute Gasteiger partial charge is 0.487 e. The SMILES string of the molecule is CO[C@H]1C(C)CCOC(C)(C)C(=O)N=S(=O)(NC(=O)N2CC(N(C)C)C2)c2ccc3c(c2)N(CCCCc2cc(Cl)ccc2CO3)C[C@@H]2CC[C@H]21. The first-order chi connectivity index (χ1) is 24.3. The maximum atomic E-state index is 15.1. The number of rotatable bonds is 3. The zero-order valence-electron chi connectivity index (χ0n) is 30.9. The lowest BCUT2D eigenvalue weighted by atomic mass is 9.67. The van der Waals surface area contributed by atoms with Crippen molar-refractivity contribution in [2.75, 3.05) is 58.9 Å². The summed E-state index contributed by atoms with van der Waals surface area (Å²) >= 11 is 6.40. The van der Waals surface area contributed by atoms with E-state index >= 15 is 4.21 Å². The molecule has 0 aromatic heterocycles. The van der Waals surface area contributed by atoms with Crippen molar-refractivity contribution in [2.24, 2.45) is 22.1 Å². The lowest BCUT2D eigenvalue weighted by Crippen LogP contribution is -2.61. The number of nitrogens with zero attached hydrogens (tertiary/aromatic N) is 4. The maximum Gasteiger partial charge on any atom is 0.330 e. The predicted molar refractivity (Wildman–Crippen MR) is 200 cm³/mol. The summed E-state index contributed by atoms with van der Waals surface area (Å²) in [6.07, 6.45) is 5.66. The average Bonchev–Trinajstić information content (AvgIpc) is 3.07. The van der Waals surface area contributed by atoms with Gasteiger partial charge < -0.3 is 28.9 Å². The fourth-order valence-corrected chi connectivity index (χ4v) is 9.48. The van der Waals surface area contributed by atoms with Crippen LogP contribution in [0.2, 0.25) is 5.02 Å². The Balaban J connectivity index is 1.45. The van der Waals surface area contributed by atoms with Gasteiger partial charge >= 0.3 is 6.03 Å². The number of likely N-dealkylation sites (tertiary alicyclic amines) is 1. The van der Waals surface area contributed by atoms with Gasteiger partial charge in [-0.15, -0.1) is 4.36 Å². The van der Waals surface area contributed by atoms with E-state index in [2.05, 4.69) is 25.8 Å². The summed E-state index contributed by atoms with van der Waals surface area (Å²) in [7, 11) is 1.92. The zero-order valence-corrected chi connectivity index (χ0v) is 32.4. The third kappa shape index (κ3) is 8.35. The molecule has 2 aromatic rings. The average molecular weight is 744 g/mol. The van der Waals surface area contributed by atoms with Crippen molar-refractivity contribution in [1.29, 1.82) is 0 Å². The predicted octanol–water partition coefficient (Wildman–Crippen LogP) is 6.16. The third-order valence-electron chi connectivity index (χ3n) is 11.3. The minimum atomic E-state index is -3.80. The molecule has 0 radical (unpaired) electrons. The van der Waals surface area contributed by atoms with Crippen LogP contribution in [0.5, 0.6) is 5.75 Å². The molecule has 1 saturated carbocycles. The zero-order chi connectivity index (χ0) is 36.5. The minimum Gasteiger partial charge on any atom is -0.487 e. The number of likely N-dealkylation sites (N-methyl/N-ethyl adjacent to an activating group) is 1. The summed E-state index contributed by atoms with van der Waals surface area (Å²) in [5.74, 6) is 0.872. The van der Waals surface area contributed by atoms with E-state index in [-0.39, 0.29) is 23.0 Å². The molecule has 0 spiro atoms. The molecule has 51 heavy (non-hydrogen) atoms. The van der Waals surface area contributed by atoms with Crippen molar-refractivity contribution in [1.82, 2.24) is 14.5 Å². The van der Waals surface area contributed by atoms with Gasteiger partial charge in [0.1, 0.15) is 18.0 Å². The second-order valence-electron chi connectivity index (χ2n) is 15.4. The van der Waals surface area contributed by atoms with Crippen molar-refractivity contribution in [3.8, 4) is 5.75 Å². The van der Waals surface area contributed by atoms with Gasteiger partial charge in [0, 0.05) is 51.0 Å². The summed E-state index contributed by atoms with van der Waals surface area (Å²) in [5.41, 5.74) is 1.63. The first kappa shape index (κ1) is 37.8. The fourth-order valence-electron chi connectivity index (χ4n) is 7.67. The highest BCUT2D eigenvalue weighted by molar-refractivity contribution is 7.92. The van der Waals surface area contributed by atoms with Gasteiger partial charge in [-0.25, -0.2) is 13.7 Å². The van der Waals surface area contributed by atoms with Crippen LogP contribution in [0.4, 0.5) is 10.5 Å². The molecule has 5 atom stereocenters. The number of hydrogen-bond acceptors (Lipinski definition) is 8. The molecular formula is C38H54ClN5O6S. The number of carbonyl (C=O) groups excluding carboxylic acids is 2. The molecule has 2 unspecified atom stereocenters. The summed E-state index contributed by atoms with van der Waals surface area (Å²) in [5, 5.41) is 0.705. The summed E-state index contributed by atoms with van der Waals surface area (Å²) in [6.45, 7) is 8.59. The van der Waals surface area contributed by atoms with Crippen LogP contribution in [0.1, 0.15) is 64.0 Å². The van der Waals surface area contributed by atoms with Crippen LogP contribution in [-0.4, -0.2) is 97.7 Å². The molecule has 4 aliphatic rings. The Kier molecular flexibility index (Phi) is 11.6. The van der Waals surface area contributed by atoms with Crippen LogP contribution in [0.3, 0.4) is 0 Å². The molecule has 3 amide bonds. The van der Waals surface area contributed by atoms with Gasteiger partial charge in [0.05, 0.1) is 16.7 Å². The summed E-state index contributed by atoms with van der Waals surface area (Å²) in [6, 6.07) is 10.9. The Hall–Kier alpha value is -2.90. The second-order valence-corrected chi connectivity index (χ2v) is 17.8. The Morgan fingerprint density at radius 2 is 1.86 bits per heavy atom. The van der Waals surface area contributed by atoms with Gasteiger partial charge in [-0.05, 0) is 126 Å². The first-order valence-electron chi connectivity index (χ1n) is 18.3. The Bertz CT molecular complexity index is 1720. The third-order valence-corrected chi connectivity index (χ3v) is 13.3. The van der Waals surface area contributed by atoms with Crippen molar-refractivity contribution < 1.29 is 28.0 Å². The number of fused-ring (bicyclic) bond motifs is 3. The molecule has 3 aliphatic heterocycles. The Morgan fingerprint density at radius 3 is 2.57 bits per heavy atom. The molecule has 280 valence electrons. The number of amides is 3. The number of urea groups is 1. The van der Waals surface area contributed by atoms with Crippen LogP contribution in [-0.2, 0) is 37.2 Å². The highest BCUT2D eigenvalue weighted by Crippen LogP contribution is 2.43. The Morgan fingerprint density at radius 1 is 1.08 bits per heavy atom. The lowest BCUT2D eigenvalue weighted by molar-refractivity contribution is -0.140. The number of hydrogen-bond donors (Lipinski definition) is 1. The van der Waals surface area contributed by atoms with E-state index in [4.69, 9.17) is 25.8 Å². The van der Waals surface area contributed by atoms with Gasteiger partial charge in [-0.1, -0.05) is 24.6 Å². The second kappa shape index (κ2) is 15.6. The molecule has 11 nitrogen and oxygen atoms in total. The van der Waals surface area contributed by atoms with Gasteiger partial charge in [0.15, 0.2) is 9.92 Å². The van der Waals surface area contributed by atoms with Crippen LogP contribution in [0, 0.1) is 17.8 Å². The van der Waals surface area contributed by atoms with E-state index < -0.39 is 27.5 Å². The van der Waals surface area contributed by atoms with E-state index in [9.17, 15) is 9.59 Å². The number of methoxy groups -OCH3 is 1. The molecule has 3 heterocycles. The molecule has 1 aliphatic carbocycles. The van der Waals surface area contributed by atoms with Gasteiger partial charge in [0.2, 0.25) is 0 Å². The number of benzene rings is 2. The molecule has 2 fully saturated rings. The number of ether oxygens (including phenoxy) is 3. The van der Waals surface area contributed by atoms with E-state index in [1.54, 1.807) is 44.1 Å². The van der Waals surface area contributed by atoms with E-state index in [0.717, 1.165) is 56.4 Å². The molecule has 2 bridgehead atoms. The topological polar surface area (TPSA) is 113 Å². The highest BCUT2D eigenvalue weighted by atomic mass is 35.5. The smallest absolute Gasteiger partial charge is 0.330 e. The molecular weight excluding hydrogens is 690 g/mol. The quantitative estimate of drug-likeness (QED) is 0.398. The summed E-state index contributed by atoms with van der Waals surface area (Å²) < 4.78 is 41.0. The molecule has 13 heteroatoms. The molecule has 1 saturated heterocycles. The van der Waals surface area contributed by atoms with Crippen LogP contribution in [0.15, 0.2) is 45.7 Å². The number of halogens is 1. The summed E-state index contributed by atoms with van der Waals surface area (Å²) in [4.78, 5) is 33.7. The lowest BCUT2D eigenvalue weighted by Gasteiger charge is -2.46. The van der Waals surface area contributed by atoms with Gasteiger partial charge in [0.25, 0.3) is 5.91 Å². The van der Waals surface area contributed by atoms with E-state index in [0.29, 0.717) is 55.3 Å². The maximum absolute atomic E-state index is 15.1. The number of nitrogens with one attached hydrogen (secondary N) is 1. The molecule has 1 N–H and O–H groups in total. The van der Waals surface area contributed by atoms with Crippen LogP contribution >= 0.6 is 11.6 Å². The van der Waals surface area contributed by atoms with Crippen LogP contribution < -0.4 is 14.4 Å². The van der Waals surface area contributed by atoms with Crippen molar-refractivity contribution in [3.05, 3.63) is 52.5 Å². The number of aryl methyl sites for hydroxylation is 1. The van der Waals surface area contributed by atoms with Gasteiger partial charge in [-0.3, -0.25) is 4.79 Å². The molecule has 6 rings (SSSR count). The van der Waals surface area contributed by atoms with Crippen molar-refractivity contribution in [2.45, 2.75) is 88.5 Å². The Labute approximate surface area is 308 Å². The number of carbonyl (C=O) groups is 2. The first-order valence-corrected chi connectivity index (χ1v) is 20.2. The minimum absolute atomic E-state index is 0.0524. The standard InChI is InChI=1S/C38H54ClN5O6S/c1-25-16-18-50-38(2,3)36(45)40-51(47,41-37(46)44-22-30(23-44)42(4)5)31-13-15-34-33(20-31)43(21-27-11-14-32(27)35(25)48-6)17-8-7-9-26-19-29(39)12-10-28(26)24-49-34/h10,12-13,15,19-20,25,27,30,32,35H,7-9,11,14,16-18,21-24H2,1-6H3,(H,40,41,45,46,47)/t25?,27-,32+,35-,51?/m0/s1. The van der Waals surface area contributed by atoms with Gasteiger partial charge in [-0.2, -0.15) is 0 Å². The van der Waals surface area contributed by atoms with Crippen molar-refractivity contribution in [3.63, 3.8) is 0 Å². The molecule has 2 aromatic carbocycles. The fraction of sp³-hybridized carbons (Fsp3) is 0.632. The van der Waals surface area contributed by atoms with E-state index in [1.165, 1.54) is 5.56 Å². The van der Waals surface area contributed by atoms with Crippen molar-refractivity contribution >= 4 is 39.1 Å².